The molecule has 0 unspecified atom stereocenters. The van der Waals surface area contributed by atoms with Gasteiger partial charge in [-0.25, -0.2) is 9.50 Å². The van der Waals surface area contributed by atoms with Gasteiger partial charge in [-0.1, -0.05) is 18.2 Å². The normalized spacial score (nSPS) is 10.6. The van der Waals surface area contributed by atoms with Crippen LogP contribution in [0.4, 0.5) is 5.69 Å². The van der Waals surface area contributed by atoms with Crippen LogP contribution in [-0.4, -0.2) is 20.5 Å². The number of amides is 1. The monoisotopic (exact) mass is 252 g/mol. The SMILES string of the molecule is Cc1ccn2ncc(C(=O)Nc3ccccc3)c2n1. The lowest BCUT2D eigenvalue weighted by atomic mass is 10.2. The van der Waals surface area contributed by atoms with Crippen LogP contribution in [-0.2, 0) is 0 Å². The van der Waals surface area contributed by atoms with Crippen molar-refractivity contribution in [2.24, 2.45) is 0 Å². The number of fused-ring (bicyclic) bond motifs is 1. The van der Waals surface area contributed by atoms with Crippen molar-refractivity contribution in [2.75, 3.05) is 5.32 Å². The molecule has 19 heavy (non-hydrogen) atoms. The van der Waals surface area contributed by atoms with Crippen molar-refractivity contribution in [1.29, 1.82) is 0 Å². The summed E-state index contributed by atoms with van der Waals surface area (Å²) in [5, 5.41) is 6.94. The number of aryl methyl sites for hydroxylation is 1. The predicted octanol–water partition coefficient (Wildman–Crippen LogP) is 2.29. The average Bonchev–Trinajstić information content (AvgIpc) is 2.82. The van der Waals surface area contributed by atoms with Gasteiger partial charge in [0.1, 0.15) is 5.56 Å². The standard InChI is InChI=1S/C14H12N4O/c1-10-7-8-18-13(16-10)12(9-15-18)14(19)17-11-5-3-2-4-6-11/h2-9H,1H3,(H,17,19). The van der Waals surface area contributed by atoms with E-state index in [0.717, 1.165) is 11.4 Å². The molecule has 0 aliphatic carbocycles. The molecule has 0 fully saturated rings. The predicted molar refractivity (Wildman–Crippen MR) is 72.1 cm³/mol. The Morgan fingerprint density at radius 3 is 2.79 bits per heavy atom. The molecule has 2 aromatic heterocycles. The van der Waals surface area contributed by atoms with Crippen LogP contribution < -0.4 is 5.32 Å². The van der Waals surface area contributed by atoms with Crippen molar-refractivity contribution >= 4 is 17.2 Å². The number of hydrogen-bond acceptors (Lipinski definition) is 3. The second-order valence-electron chi connectivity index (χ2n) is 4.22. The minimum Gasteiger partial charge on any atom is -0.322 e. The number of rotatable bonds is 2. The molecule has 0 saturated heterocycles. The van der Waals surface area contributed by atoms with E-state index in [2.05, 4.69) is 15.4 Å². The zero-order valence-electron chi connectivity index (χ0n) is 10.4. The van der Waals surface area contributed by atoms with Crippen molar-refractivity contribution < 1.29 is 4.79 Å². The van der Waals surface area contributed by atoms with Crippen LogP contribution in [0.3, 0.4) is 0 Å². The van der Waals surface area contributed by atoms with E-state index in [9.17, 15) is 4.79 Å². The zero-order chi connectivity index (χ0) is 13.2. The van der Waals surface area contributed by atoms with Gasteiger partial charge in [-0.3, -0.25) is 4.79 Å². The summed E-state index contributed by atoms with van der Waals surface area (Å²) in [4.78, 5) is 16.5. The highest BCUT2D eigenvalue weighted by Gasteiger charge is 2.13. The molecule has 2 heterocycles. The van der Waals surface area contributed by atoms with Crippen molar-refractivity contribution in [2.45, 2.75) is 6.92 Å². The number of carbonyl (C=O) groups excluding carboxylic acids is 1. The number of nitrogens with zero attached hydrogens (tertiary/aromatic N) is 3. The van der Waals surface area contributed by atoms with Gasteiger partial charge in [-0.15, -0.1) is 0 Å². The second kappa shape index (κ2) is 4.53. The maximum Gasteiger partial charge on any atom is 0.261 e. The first-order valence-corrected chi connectivity index (χ1v) is 5.91. The maximum absolute atomic E-state index is 12.2. The highest BCUT2D eigenvalue weighted by Crippen LogP contribution is 2.12. The number of aromatic nitrogens is 3. The molecule has 1 N–H and O–H groups in total. The lowest BCUT2D eigenvalue weighted by Gasteiger charge is -2.03. The second-order valence-corrected chi connectivity index (χ2v) is 4.22. The fourth-order valence-electron chi connectivity index (χ4n) is 1.84. The fourth-order valence-corrected chi connectivity index (χ4v) is 1.84. The number of benzene rings is 1. The van der Waals surface area contributed by atoms with Gasteiger partial charge in [-0.05, 0) is 25.1 Å². The Morgan fingerprint density at radius 2 is 2.00 bits per heavy atom. The number of carbonyl (C=O) groups is 1. The van der Waals surface area contributed by atoms with E-state index in [-0.39, 0.29) is 5.91 Å². The van der Waals surface area contributed by atoms with E-state index in [0.29, 0.717) is 11.2 Å². The number of hydrogen-bond donors (Lipinski definition) is 1. The third-order valence-electron chi connectivity index (χ3n) is 2.78. The third-order valence-corrected chi connectivity index (χ3v) is 2.78. The van der Waals surface area contributed by atoms with Gasteiger partial charge in [0, 0.05) is 17.6 Å². The van der Waals surface area contributed by atoms with Gasteiger partial charge in [0.15, 0.2) is 5.65 Å². The van der Waals surface area contributed by atoms with Gasteiger partial charge in [-0.2, -0.15) is 5.10 Å². The number of nitrogens with one attached hydrogen (secondary N) is 1. The van der Waals surface area contributed by atoms with Crippen LogP contribution in [0.5, 0.6) is 0 Å². The lowest BCUT2D eigenvalue weighted by molar-refractivity contribution is 0.102. The largest absolute Gasteiger partial charge is 0.322 e. The van der Waals surface area contributed by atoms with E-state index in [4.69, 9.17) is 0 Å². The van der Waals surface area contributed by atoms with Crippen LogP contribution in [0.1, 0.15) is 16.1 Å². The van der Waals surface area contributed by atoms with Crippen molar-refractivity contribution in [3.63, 3.8) is 0 Å². The molecule has 0 spiro atoms. The topological polar surface area (TPSA) is 59.3 Å². The Labute approximate surface area is 109 Å². The quantitative estimate of drug-likeness (QED) is 0.761. The molecule has 1 aromatic carbocycles. The summed E-state index contributed by atoms with van der Waals surface area (Å²) in [6, 6.07) is 11.2. The minimum absolute atomic E-state index is 0.209. The maximum atomic E-state index is 12.2. The van der Waals surface area contributed by atoms with Crippen LogP contribution in [0.15, 0.2) is 48.8 Å². The molecule has 0 bridgehead atoms. The Bertz CT molecular complexity index is 734. The highest BCUT2D eigenvalue weighted by atomic mass is 16.1. The molecule has 0 saturated carbocycles. The average molecular weight is 252 g/mol. The van der Waals surface area contributed by atoms with E-state index >= 15 is 0 Å². The highest BCUT2D eigenvalue weighted by molar-refractivity contribution is 6.08. The Morgan fingerprint density at radius 1 is 1.21 bits per heavy atom. The minimum atomic E-state index is -0.209. The van der Waals surface area contributed by atoms with Crippen LogP contribution >= 0.6 is 0 Å². The summed E-state index contributed by atoms with van der Waals surface area (Å²) < 4.78 is 1.59. The van der Waals surface area contributed by atoms with E-state index in [1.807, 2.05) is 43.3 Å². The van der Waals surface area contributed by atoms with E-state index in [1.54, 1.807) is 10.7 Å². The number of anilines is 1. The van der Waals surface area contributed by atoms with Crippen molar-refractivity contribution in [3.05, 3.63) is 60.0 Å². The van der Waals surface area contributed by atoms with Gasteiger partial charge < -0.3 is 5.32 Å². The summed E-state index contributed by atoms with van der Waals surface area (Å²) >= 11 is 0. The number of para-hydroxylation sites is 1. The lowest BCUT2D eigenvalue weighted by Crippen LogP contribution is -2.12. The molecule has 1 amide bonds. The van der Waals surface area contributed by atoms with Gasteiger partial charge in [0.25, 0.3) is 5.91 Å². The first kappa shape index (κ1) is 11.4. The molecule has 0 atom stereocenters. The summed E-state index contributed by atoms with van der Waals surface area (Å²) in [6.45, 7) is 1.88. The summed E-state index contributed by atoms with van der Waals surface area (Å²) in [5.74, 6) is -0.209. The van der Waals surface area contributed by atoms with E-state index < -0.39 is 0 Å². The van der Waals surface area contributed by atoms with Gasteiger partial charge in [0.05, 0.1) is 6.20 Å². The molecule has 5 nitrogen and oxygen atoms in total. The Hall–Kier alpha value is -2.69. The first-order valence-electron chi connectivity index (χ1n) is 5.91. The van der Waals surface area contributed by atoms with Crippen molar-refractivity contribution in [3.8, 4) is 0 Å². The molecule has 3 aromatic rings. The van der Waals surface area contributed by atoms with Crippen LogP contribution in [0.2, 0.25) is 0 Å². The summed E-state index contributed by atoms with van der Waals surface area (Å²) in [5.41, 5.74) is 2.63. The van der Waals surface area contributed by atoms with Gasteiger partial charge in [0.2, 0.25) is 0 Å². The molecule has 0 aliphatic rings. The molecule has 0 radical (unpaired) electrons. The first-order chi connectivity index (χ1) is 9.24. The fraction of sp³-hybridized carbons (Fsp3) is 0.0714. The molecular weight excluding hydrogens is 240 g/mol. The van der Waals surface area contributed by atoms with Crippen LogP contribution in [0, 0.1) is 6.92 Å². The summed E-state index contributed by atoms with van der Waals surface area (Å²) in [6.07, 6.45) is 3.32. The molecule has 3 rings (SSSR count). The van der Waals surface area contributed by atoms with Crippen molar-refractivity contribution in [1.82, 2.24) is 14.6 Å². The summed E-state index contributed by atoms with van der Waals surface area (Å²) in [7, 11) is 0. The molecule has 5 heteroatoms. The molecule has 94 valence electrons. The molecular formula is C14H12N4O. The smallest absolute Gasteiger partial charge is 0.261 e. The zero-order valence-corrected chi connectivity index (χ0v) is 10.4. The molecule has 0 aliphatic heterocycles. The van der Waals surface area contributed by atoms with E-state index in [1.165, 1.54) is 6.20 Å². The van der Waals surface area contributed by atoms with Gasteiger partial charge >= 0.3 is 0 Å². The van der Waals surface area contributed by atoms with Crippen LogP contribution in [0.25, 0.3) is 5.65 Å². The third kappa shape index (κ3) is 2.18. The Balaban J connectivity index is 1.96. The Kier molecular flexibility index (Phi) is 2.72.